The summed E-state index contributed by atoms with van der Waals surface area (Å²) in [5, 5.41) is 15.4. The first kappa shape index (κ1) is 18.7. The third kappa shape index (κ3) is 4.47. The average Bonchev–Trinajstić information content (AvgIpc) is 2.52. The molecule has 0 amide bonds. The van der Waals surface area contributed by atoms with E-state index in [1.54, 1.807) is 24.3 Å². The zero-order chi connectivity index (χ0) is 17.7. The Morgan fingerprint density at radius 1 is 1.08 bits per heavy atom. The van der Waals surface area contributed by atoms with Crippen LogP contribution in [0, 0.1) is 0 Å². The van der Waals surface area contributed by atoms with Crippen molar-refractivity contribution in [2.45, 2.75) is 13.8 Å². The Morgan fingerprint density at radius 2 is 1.71 bits per heavy atom. The molecule has 7 heteroatoms. The number of phenols is 1. The number of phenolic OH excluding ortho intramolecular Hbond substituents is 1. The SMILES string of the molecule is CCN(CC)c1ccc(/C=N\Nc2c(Cl)cc(Cl)cc2Cl)c(O)c1. The van der Waals surface area contributed by atoms with Gasteiger partial charge in [0.2, 0.25) is 0 Å². The van der Waals surface area contributed by atoms with Crippen molar-refractivity contribution in [3.05, 3.63) is 51.0 Å². The first-order chi connectivity index (χ1) is 11.5. The van der Waals surface area contributed by atoms with Crippen LogP contribution >= 0.6 is 34.8 Å². The van der Waals surface area contributed by atoms with Gasteiger partial charge < -0.3 is 10.0 Å². The van der Waals surface area contributed by atoms with Crippen molar-refractivity contribution in [1.82, 2.24) is 0 Å². The van der Waals surface area contributed by atoms with Crippen LogP contribution in [0.1, 0.15) is 19.4 Å². The number of rotatable bonds is 6. The van der Waals surface area contributed by atoms with E-state index in [2.05, 4.69) is 29.3 Å². The van der Waals surface area contributed by atoms with Crippen LogP contribution < -0.4 is 10.3 Å². The molecular formula is C17H18Cl3N3O. The summed E-state index contributed by atoms with van der Waals surface area (Å²) in [6, 6.07) is 8.61. The number of nitrogens with zero attached hydrogens (tertiary/aromatic N) is 2. The number of aromatic hydroxyl groups is 1. The molecule has 0 fully saturated rings. The molecule has 0 aliphatic rings. The molecule has 0 aliphatic heterocycles. The normalized spacial score (nSPS) is 11.0. The summed E-state index contributed by atoms with van der Waals surface area (Å²) in [6.07, 6.45) is 1.50. The molecule has 0 atom stereocenters. The molecule has 2 N–H and O–H groups in total. The minimum atomic E-state index is 0.151. The molecule has 0 aliphatic carbocycles. The highest BCUT2D eigenvalue weighted by molar-refractivity contribution is 6.41. The van der Waals surface area contributed by atoms with E-state index in [0.29, 0.717) is 26.3 Å². The van der Waals surface area contributed by atoms with E-state index in [0.717, 1.165) is 18.8 Å². The Hall–Kier alpha value is -1.62. The molecule has 0 spiro atoms. The van der Waals surface area contributed by atoms with Crippen LogP contribution in [0.15, 0.2) is 35.4 Å². The Morgan fingerprint density at radius 3 is 2.25 bits per heavy atom. The fourth-order valence-corrected chi connectivity index (χ4v) is 3.14. The summed E-state index contributed by atoms with van der Waals surface area (Å²) in [7, 11) is 0. The van der Waals surface area contributed by atoms with Gasteiger partial charge in [-0.05, 0) is 38.1 Å². The first-order valence-electron chi connectivity index (χ1n) is 7.47. The second kappa shape index (κ2) is 8.47. The number of nitrogens with one attached hydrogen (secondary N) is 1. The van der Waals surface area contributed by atoms with Gasteiger partial charge in [0.1, 0.15) is 5.75 Å². The molecule has 0 bridgehead atoms. The number of halogens is 3. The molecule has 0 heterocycles. The average molecular weight is 387 g/mol. The van der Waals surface area contributed by atoms with Gasteiger partial charge in [-0.2, -0.15) is 5.10 Å². The van der Waals surface area contributed by atoms with E-state index in [4.69, 9.17) is 34.8 Å². The predicted molar refractivity (Wildman–Crippen MR) is 104 cm³/mol. The fourth-order valence-electron chi connectivity index (χ4n) is 2.24. The van der Waals surface area contributed by atoms with Crippen molar-refractivity contribution in [2.24, 2.45) is 5.10 Å². The molecule has 0 saturated heterocycles. The third-order valence-corrected chi connectivity index (χ3v) is 4.34. The minimum Gasteiger partial charge on any atom is -0.507 e. The number of hydrazone groups is 1. The maximum Gasteiger partial charge on any atom is 0.126 e. The van der Waals surface area contributed by atoms with E-state index in [-0.39, 0.29) is 5.75 Å². The summed E-state index contributed by atoms with van der Waals surface area (Å²) < 4.78 is 0. The maximum absolute atomic E-state index is 10.2. The van der Waals surface area contributed by atoms with Gasteiger partial charge in [0.25, 0.3) is 0 Å². The Labute approximate surface area is 156 Å². The standard InChI is InChI=1S/C17H18Cl3N3O/c1-3-23(4-2)13-6-5-11(16(24)9-13)10-21-22-17-14(19)7-12(18)8-15(17)20/h5-10,22,24H,3-4H2,1-2H3/b21-10-. The molecule has 0 aromatic heterocycles. The van der Waals surface area contributed by atoms with Crippen LogP contribution in [-0.2, 0) is 0 Å². The second-order valence-electron chi connectivity index (χ2n) is 5.03. The molecule has 0 unspecified atom stereocenters. The van der Waals surface area contributed by atoms with Gasteiger partial charge in [0.15, 0.2) is 0 Å². The molecule has 128 valence electrons. The molecule has 2 aromatic carbocycles. The largest absolute Gasteiger partial charge is 0.507 e. The van der Waals surface area contributed by atoms with Gasteiger partial charge in [-0.25, -0.2) is 0 Å². The summed E-state index contributed by atoms with van der Waals surface area (Å²) in [4.78, 5) is 2.14. The van der Waals surface area contributed by atoms with Crippen molar-refractivity contribution in [3.8, 4) is 5.75 Å². The number of hydrogen-bond donors (Lipinski definition) is 2. The van der Waals surface area contributed by atoms with E-state index < -0.39 is 0 Å². The highest BCUT2D eigenvalue weighted by Crippen LogP contribution is 2.33. The number of hydrogen-bond acceptors (Lipinski definition) is 4. The predicted octanol–water partition coefficient (Wildman–Crippen LogP) is 5.64. The van der Waals surface area contributed by atoms with Crippen LogP contribution in [0.4, 0.5) is 11.4 Å². The smallest absolute Gasteiger partial charge is 0.126 e. The van der Waals surface area contributed by atoms with Crippen molar-refractivity contribution >= 4 is 52.4 Å². The van der Waals surface area contributed by atoms with E-state index in [9.17, 15) is 5.11 Å². The van der Waals surface area contributed by atoms with Crippen LogP contribution in [0.2, 0.25) is 15.1 Å². The van der Waals surface area contributed by atoms with Gasteiger partial charge in [-0.15, -0.1) is 0 Å². The molecule has 2 rings (SSSR count). The number of benzene rings is 2. The molecular weight excluding hydrogens is 369 g/mol. The van der Waals surface area contributed by atoms with E-state index >= 15 is 0 Å². The second-order valence-corrected chi connectivity index (χ2v) is 6.28. The summed E-state index contributed by atoms with van der Waals surface area (Å²) in [6.45, 7) is 5.88. The third-order valence-electron chi connectivity index (χ3n) is 3.53. The lowest BCUT2D eigenvalue weighted by Crippen LogP contribution is -2.21. The van der Waals surface area contributed by atoms with Crippen LogP contribution in [0.3, 0.4) is 0 Å². The molecule has 4 nitrogen and oxygen atoms in total. The van der Waals surface area contributed by atoms with Gasteiger partial charge in [0, 0.05) is 35.4 Å². The van der Waals surface area contributed by atoms with Gasteiger partial charge in [0.05, 0.1) is 21.9 Å². The molecule has 24 heavy (non-hydrogen) atoms. The van der Waals surface area contributed by atoms with Crippen molar-refractivity contribution < 1.29 is 5.11 Å². The number of anilines is 2. The van der Waals surface area contributed by atoms with E-state index in [1.165, 1.54) is 6.21 Å². The molecule has 0 radical (unpaired) electrons. The molecule has 2 aromatic rings. The van der Waals surface area contributed by atoms with Crippen molar-refractivity contribution in [3.63, 3.8) is 0 Å². The summed E-state index contributed by atoms with van der Waals surface area (Å²) in [5.74, 6) is 0.151. The van der Waals surface area contributed by atoms with Crippen molar-refractivity contribution in [2.75, 3.05) is 23.4 Å². The highest BCUT2D eigenvalue weighted by Gasteiger charge is 2.08. The zero-order valence-corrected chi connectivity index (χ0v) is 15.6. The monoisotopic (exact) mass is 385 g/mol. The van der Waals surface area contributed by atoms with Gasteiger partial charge in [-0.1, -0.05) is 34.8 Å². The highest BCUT2D eigenvalue weighted by atomic mass is 35.5. The van der Waals surface area contributed by atoms with Crippen molar-refractivity contribution in [1.29, 1.82) is 0 Å². The Kier molecular flexibility index (Phi) is 6.60. The first-order valence-corrected chi connectivity index (χ1v) is 8.61. The van der Waals surface area contributed by atoms with Crippen LogP contribution in [-0.4, -0.2) is 24.4 Å². The zero-order valence-electron chi connectivity index (χ0n) is 13.4. The molecule has 0 saturated carbocycles. The summed E-state index contributed by atoms with van der Waals surface area (Å²) >= 11 is 18.0. The Bertz CT molecular complexity index is 723. The lowest BCUT2D eigenvalue weighted by Gasteiger charge is -2.21. The van der Waals surface area contributed by atoms with Gasteiger partial charge >= 0.3 is 0 Å². The summed E-state index contributed by atoms with van der Waals surface area (Å²) in [5.41, 5.74) is 4.77. The quantitative estimate of drug-likeness (QED) is 0.498. The minimum absolute atomic E-state index is 0.151. The Balaban J connectivity index is 2.15. The lowest BCUT2D eigenvalue weighted by molar-refractivity contribution is 0.474. The fraction of sp³-hybridized carbons (Fsp3) is 0.235. The lowest BCUT2D eigenvalue weighted by atomic mass is 10.2. The van der Waals surface area contributed by atoms with Gasteiger partial charge in [-0.3, -0.25) is 5.43 Å². The van der Waals surface area contributed by atoms with Crippen LogP contribution in [0.25, 0.3) is 0 Å². The maximum atomic E-state index is 10.2. The van der Waals surface area contributed by atoms with E-state index in [1.807, 2.05) is 6.07 Å². The topological polar surface area (TPSA) is 47.9 Å². The van der Waals surface area contributed by atoms with Crippen LogP contribution in [0.5, 0.6) is 5.75 Å².